The van der Waals surface area contributed by atoms with Gasteiger partial charge >= 0.3 is 0 Å². The molecule has 0 aromatic heterocycles. The van der Waals surface area contributed by atoms with Gasteiger partial charge in [0.1, 0.15) is 11.8 Å². The number of benzene rings is 2. The number of hydrogen-bond acceptors (Lipinski definition) is 4. The molecule has 0 spiro atoms. The highest BCUT2D eigenvalue weighted by Crippen LogP contribution is 2.15. The lowest BCUT2D eigenvalue weighted by Gasteiger charge is -2.13. The fourth-order valence-corrected chi connectivity index (χ4v) is 2.08. The van der Waals surface area contributed by atoms with Gasteiger partial charge in [0.2, 0.25) is 0 Å². The molecule has 0 aliphatic carbocycles. The van der Waals surface area contributed by atoms with E-state index in [1.807, 2.05) is 48.5 Å². The largest absolute Gasteiger partial charge is 0.497 e. The lowest BCUT2D eigenvalue weighted by molar-refractivity contribution is -0.121. The van der Waals surface area contributed by atoms with Gasteiger partial charge in [0.05, 0.1) is 13.3 Å². The lowest BCUT2D eigenvalue weighted by Crippen LogP contribution is -2.34. The van der Waals surface area contributed by atoms with Crippen LogP contribution in [0.5, 0.6) is 5.75 Å². The highest BCUT2D eigenvalue weighted by Gasteiger charge is 2.11. The molecule has 0 heterocycles. The summed E-state index contributed by atoms with van der Waals surface area (Å²) in [6, 6.07) is 14.6. The smallest absolute Gasteiger partial charge is 0.262 e. The Morgan fingerprint density at radius 1 is 1.17 bits per heavy atom. The molecule has 2 aromatic rings. The Balaban J connectivity index is 1.85. The van der Waals surface area contributed by atoms with Gasteiger partial charge in [-0.25, -0.2) is 5.43 Å². The number of hydrazone groups is 1. The molecule has 0 bridgehead atoms. The second-order valence-electron chi connectivity index (χ2n) is 4.88. The van der Waals surface area contributed by atoms with Gasteiger partial charge in [0.25, 0.3) is 5.91 Å². The van der Waals surface area contributed by atoms with E-state index in [0.717, 1.165) is 21.5 Å². The van der Waals surface area contributed by atoms with Gasteiger partial charge < -0.3 is 10.1 Å². The second kappa shape index (κ2) is 8.33. The summed E-state index contributed by atoms with van der Waals surface area (Å²) in [4.78, 5) is 12.0. The number of carbonyl (C=O) groups excluding carboxylic acids is 1. The molecule has 0 saturated carbocycles. The Kier molecular flexibility index (Phi) is 6.17. The molecule has 120 valence electrons. The van der Waals surface area contributed by atoms with Crippen molar-refractivity contribution in [1.82, 2.24) is 5.43 Å². The van der Waals surface area contributed by atoms with Gasteiger partial charge in [-0.05, 0) is 48.9 Å². The number of halogens is 1. The maximum atomic E-state index is 12.0. The normalized spacial score (nSPS) is 12.0. The van der Waals surface area contributed by atoms with Crippen molar-refractivity contribution in [3.63, 3.8) is 0 Å². The summed E-state index contributed by atoms with van der Waals surface area (Å²) in [5.74, 6) is 0.556. The summed E-state index contributed by atoms with van der Waals surface area (Å²) in [5.41, 5.74) is 4.26. The van der Waals surface area contributed by atoms with Crippen molar-refractivity contribution in [3.05, 3.63) is 58.6 Å². The predicted octanol–water partition coefficient (Wildman–Crippen LogP) is 3.41. The van der Waals surface area contributed by atoms with Crippen molar-refractivity contribution in [2.24, 2.45) is 5.10 Å². The number of rotatable bonds is 6. The fraction of sp³-hybridized carbons (Fsp3) is 0.176. The molecule has 2 rings (SSSR count). The number of methoxy groups -OCH3 is 1. The van der Waals surface area contributed by atoms with Crippen LogP contribution in [-0.2, 0) is 4.79 Å². The zero-order valence-corrected chi connectivity index (χ0v) is 14.5. The van der Waals surface area contributed by atoms with E-state index in [4.69, 9.17) is 4.74 Å². The first-order chi connectivity index (χ1) is 11.1. The minimum atomic E-state index is -0.412. The average molecular weight is 376 g/mol. The van der Waals surface area contributed by atoms with Crippen LogP contribution in [0.3, 0.4) is 0 Å². The summed E-state index contributed by atoms with van der Waals surface area (Å²) < 4.78 is 6.09. The molecular weight excluding hydrogens is 358 g/mol. The van der Waals surface area contributed by atoms with Crippen LogP contribution < -0.4 is 15.5 Å². The quantitative estimate of drug-likeness (QED) is 0.600. The molecule has 1 unspecified atom stereocenters. The third-order valence-electron chi connectivity index (χ3n) is 3.12. The van der Waals surface area contributed by atoms with Gasteiger partial charge in [-0.3, -0.25) is 4.79 Å². The standard InChI is InChI=1S/C17H18BrN3O2/c1-12(20-15-7-9-16(23-2)10-8-15)17(22)21-19-11-13-3-5-14(18)6-4-13/h3-12,20H,1-2H3,(H,21,22). The molecule has 23 heavy (non-hydrogen) atoms. The zero-order valence-electron chi connectivity index (χ0n) is 12.9. The molecule has 0 aliphatic rings. The van der Waals surface area contributed by atoms with Crippen LogP contribution >= 0.6 is 15.9 Å². The van der Waals surface area contributed by atoms with E-state index >= 15 is 0 Å². The summed E-state index contributed by atoms with van der Waals surface area (Å²) >= 11 is 3.37. The average Bonchev–Trinajstić information content (AvgIpc) is 2.57. The zero-order chi connectivity index (χ0) is 16.7. The van der Waals surface area contributed by atoms with Gasteiger partial charge in [-0.1, -0.05) is 28.1 Å². The topological polar surface area (TPSA) is 62.7 Å². The molecule has 1 amide bonds. The highest BCUT2D eigenvalue weighted by atomic mass is 79.9. The Labute approximate surface area is 143 Å². The third-order valence-corrected chi connectivity index (χ3v) is 3.65. The van der Waals surface area contributed by atoms with Crippen LogP contribution in [0.1, 0.15) is 12.5 Å². The van der Waals surface area contributed by atoms with Crippen LogP contribution in [0.4, 0.5) is 5.69 Å². The molecule has 5 nitrogen and oxygen atoms in total. The van der Waals surface area contributed by atoms with Gasteiger partial charge in [0.15, 0.2) is 0 Å². The van der Waals surface area contributed by atoms with Crippen molar-refractivity contribution in [2.75, 3.05) is 12.4 Å². The first-order valence-electron chi connectivity index (χ1n) is 7.07. The van der Waals surface area contributed by atoms with Crippen molar-refractivity contribution in [2.45, 2.75) is 13.0 Å². The van der Waals surface area contributed by atoms with E-state index in [1.165, 1.54) is 0 Å². The summed E-state index contributed by atoms with van der Waals surface area (Å²) in [6.07, 6.45) is 1.60. The van der Waals surface area contributed by atoms with E-state index in [1.54, 1.807) is 20.2 Å². The molecular formula is C17H18BrN3O2. The number of nitrogens with zero attached hydrogens (tertiary/aromatic N) is 1. The van der Waals surface area contributed by atoms with Gasteiger partial charge in [-0.2, -0.15) is 5.10 Å². The Bertz CT molecular complexity index is 669. The molecule has 2 aromatic carbocycles. The monoisotopic (exact) mass is 375 g/mol. The van der Waals surface area contributed by atoms with E-state index in [9.17, 15) is 4.79 Å². The highest BCUT2D eigenvalue weighted by molar-refractivity contribution is 9.10. The Hall–Kier alpha value is -2.34. The Morgan fingerprint density at radius 3 is 2.43 bits per heavy atom. The van der Waals surface area contributed by atoms with Crippen molar-refractivity contribution in [3.8, 4) is 5.75 Å². The molecule has 1 atom stereocenters. The van der Waals surface area contributed by atoms with Crippen LogP contribution in [-0.4, -0.2) is 25.3 Å². The number of ether oxygens (including phenoxy) is 1. The van der Waals surface area contributed by atoms with Crippen LogP contribution in [0, 0.1) is 0 Å². The number of nitrogens with one attached hydrogen (secondary N) is 2. The van der Waals surface area contributed by atoms with E-state index in [-0.39, 0.29) is 5.91 Å². The third kappa shape index (κ3) is 5.41. The van der Waals surface area contributed by atoms with E-state index in [2.05, 4.69) is 31.8 Å². The number of carbonyl (C=O) groups is 1. The SMILES string of the molecule is COc1ccc(NC(C)C(=O)NN=Cc2ccc(Br)cc2)cc1. The van der Waals surface area contributed by atoms with Gasteiger partial charge in [0, 0.05) is 10.2 Å². The summed E-state index contributed by atoms with van der Waals surface area (Å²) in [5, 5.41) is 7.06. The molecule has 0 radical (unpaired) electrons. The molecule has 0 saturated heterocycles. The second-order valence-corrected chi connectivity index (χ2v) is 5.80. The minimum Gasteiger partial charge on any atom is -0.497 e. The number of hydrogen-bond donors (Lipinski definition) is 2. The van der Waals surface area contributed by atoms with Crippen LogP contribution in [0.2, 0.25) is 0 Å². The fourth-order valence-electron chi connectivity index (χ4n) is 1.82. The van der Waals surface area contributed by atoms with Crippen molar-refractivity contribution in [1.29, 1.82) is 0 Å². The van der Waals surface area contributed by atoms with E-state index in [0.29, 0.717) is 0 Å². The van der Waals surface area contributed by atoms with Crippen LogP contribution in [0.15, 0.2) is 58.1 Å². The Morgan fingerprint density at radius 2 is 1.83 bits per heavy atom. The first-order valence-corrected chi connectivity index (χ1v) is 7.87. The molecule has 0 aliphatic heterocycles. The summed E-state index contributed by atoms with van der Waals surface area (Å²) in [7, 11) is 1.61. The number of anilines is 1. The van der Waals surface area contributed by atoms with Crippen LogP contribution in [0.25, 0.3) is 0 Å². The maximum Gasteiger partial charge on any atom is 0.262 e. The van der Waals surface area contributed by atoms with Gasteiger partial charge in [-0.15, -0.1) is 0 Å². The molecule has 6 heteroatoms. The summed E-state index contributed by atoms with van der Waals surface area (Å²) in [6.45, 7) is 1.77. The number of amides is 1. The minimum absolute atomic E-state index is 0.214. The van der Waals surface area contributed by atoms with E-state index < -0.39 is 6.04 Å². The first kappa shape index (κ1) is 17.0. The molecule has 2 N–H and O–H groups in total. The maximum absolute atomic E-state index is 12.0. The lowest BCUT2D eigenvalue weighted by atomic mass is 10.2. The van der Waals surface area contributed by atoms with Crippen molar-refractivity contribution < 1.29 is 9.53 Å². The molecule has 0 fully saturated rings. The predicted molar refractivity (Wildman–Crippen MR) is 96.0 cm³/mol. The van der Waals surface area contributed by atoms with Crippen molar-refractivity contribution >= 4 is 33.7 Å².